The lowest BCUT2D eigenvalue weighted by Gasteiger charge is -2.17. The number of carbonyl (C=O) groups excluding carboxylic acids is 1. The molecule has 28 heavy (non-hydrogen) atoms. The number of amides is 1. The number of carboxylic acid groups (broad SMARTS) is 1. The molecule has 0 spiro atoms. The summed E-state index contributed by atoms with van der Waals surface area (Å²) >= 11 is 0. The molecule has 1 aromatic carbocycles. The number of nitrogens with one attached hydrogen (secondary N) is 1. The molecule has 0 radical (unpaired) electrons. The number of carboxylic acids is 1. The van der Waals surface area contributed by atoms with Gasteiger partial charge in [0.2, 0.25) is 11.7 Å². The van der Waals surface area contributed by atoms with Crippen molar-refractivity contribution >= 4 is 17.6 Å². The van der Waals surface area contributed by atoms with Crippen molar-refractivity contribution in [3.63, 3.8) is 0 Å². The first-order chi connectivity index (χ1) is 13.3. The minimum Gasteiger partial charge on any atom is -0.481 e. The number of likely N-dealkylation sites (N-methyl/N-ethyl adjacent to an activating group) is 1. The molecule has 0 saturated heterocycles. The first kappa shape index (κ1) is 20.6. The Bertz CT molecular complexity index is 930. The highest BCUT2D eigenvalue weighted by Crippen LogP contribution is 2.24. The summed E-state index contributed by atoms with van der Waals surface area (Å²) in [6, 6.07) is 5.35. The minimum absolute atomic E-state index is 0.0905. The van der Waals surface area contributed by atoms with Crippen LogP contribution < -0.4 is 5.32 Å². The van der Waals surface area contributed by atoms with Gasteiger partial charge in [0, 0.05) is 30.9 Å². The SMILES string of the molecule is C=CC=CN(C)C(=C)C(=O)Nc1cc(-c2noc(CCC(=O)O)n2)ccc1C. The lowest BCUT2D eigenvalue weighted by molar-refractivity contribution is -0.137. The summed E-state index contributed by atoms with van der Waals surface area (Å²) in [5.41, 5.74) is 2.33. The Morgan fingerprint density at radius 3 is 2.82 bits per heavy atom. The van der Waals surface area contributed by atoms with Gasteiger partial charge in [0.15, 0.2) is 0 Å². The molecule has 0 unspecified atom stereocenters. The number of rotatable bonds is 9. The van der Waals surface area contributed by atoms with Gasteiger partial charge in [-0.3, -0.25) is 9.59 Å². The van der Waals surface area contributed by atoms with Crippen molar-refractivity contribution in [1.82, 2.24) is 15.0 Å². The minimum atomic E-state index is -0.937. The first-order valence-corrected chi connectivity index (χ1v) is 8.49. The standard InChI is InChI=1S/C20H22N4O4/c1-5-6-11-24(4)14(3)20(27)21-16-12-15(8-7-13(16)2)19-22-17(28-23-19)9-10-18(25)26/h5-8,11-12H,1,3,9-10H2,2,4H3,(H,21,27)(H,25,26). The third-order valence-electron chi connectivity index (χ3n) is 3.90. The monoisotopic (exact) mass is 382 g/mol. The molecule has 2 N–H and O–H groups in total. The van der Waals surface area contributed by atoms with Crippen LogP contribution in [-0.4, -0.2) is 39.1 Å². The zero-order valence-electron chi connectivity index (χ0n) is 15.8. The average Bonchev–Trinajstić information content (AvgIpc) is 3.14. The maximum Gasteiger partial charge on any atom is 0.303 e. The van der Waals surface area contributed by atoms with Crippen LogP contribution in [0.2, 0.25) is 0 Å². The Kier molecular flexibility index (Phi) is 6.86. The molecule has 8 heteroatoms. The van der Waals surface area contributed by atoms with Crippen molar-refractivity contribution in [2.75, 3.05) is 12.4 Å². The van der Waals surface area contributed by atoms with Gasteiger partial charge in [-0.05, 0) is 24.6 Å². The maximum atomic E-state index is 12.5. The van der Waals surface area contributed by atoms with E-state index in [0.29, 0.717) is 17.1 Å². The fraction of sp³-hybridized carbons (Fsp3) is 0.200. The van der Waals surface area contributed by atoms with Crippen LogP contribution in [0, 0.1) is 6.92 Å². The predicted molar refractivity (Wildman–Crippen MR) is 105 cm³/mol. The number of nitrogens with zero attached hydrogens (tertiary/aromatic N) is 3. The number of allylic oxidation sites excluding steroid dienone is 2. The fourth-order valence-electron chi connectivity index (χ4n) is 2.22. The number of aromatic nitrogens is 2. The second-order valence-electron chi connectivity index (χ2n) is 6.02. The van der Waals surface area contributed by atoms with E-state index >= 15 is 0 Å². The molecular weight excluding hydrogens is 360 g/mol. The van der Waals surface area contributed by atoms with E-state index in [1.165, 1.54) is 0 Å². The van der Waals surface area contributed by atoms with E-state index in [1.807, 2.05) is 13.0 Å². The number of hydrogen-bond donors (Lipinski definition) is 2. The van der Waals surface area contributed by atoms with Gasteiger partial charge in [-0.15, -0.1) is 0 Å². The molecule has 1 heterocycles. The zero-order valence-corrected chi connectivity index (χ0v) is 15.8. The molecule has 0 bridgehead atoms. The van der Waals surface area contributed by atoms with Crippen LogP contribution in [0.3, 0.4) is 0 Å². The molecule has 0 atom stereocenters. The maximum absolute atomic E-state index is 12.5. The quantitative estimate of drug-likeness (QED) is 0.506. The molecule has 0 aliphatic heterocycles. The van der Waals surface area contributed by atoms with E-state index in [1.54, 1.807) is 42.4 Å². The number of hydrogen-bond acceptors (Lipinski definition) is 6. The van der Waals surface area contributed by atoms with Gasteiger partial charge < -0.3 is 19.8 Å². The van der Waals surface area contributed by atoms with Crippen molar-refractivity contribution < 1.29 is 19.2 Å². The van der Waals surface area contributed by atoms with Crippen molar-refractivity contribution in [1.29, 1.82) is 0 Å². The van der Waals surface area contributed by atoms with Crippen LogP contribution in [0.4, 0.5) is 5.69 Å². The molecule has 0 fully saturated rings. The number of aryl methyl sites for hydroxylation is 2. The molecule has 146 valence electrons. The normalized spacial score (nSPS) is 10.6. The van der Waals surface area contributed by atoms with E-state index in [2.05, 4.69) is 28.6 Å². The Balaban J connectivity index is 2.16. The van der Waals surface area contributed by atoms with Crippen LogP contribution in [0.25, 0.3) is 11.4 Å². The zero-order chi connectivity index (χ0) is 20.7. The number of aliphatic carboxylic acids is 1. The van der Waals surface area contributed by atoms with Crippen molar-refractivity contribution in [3.8, 4) is 11.4 Å². The van der Waals surface area contributed by atoms with Crippen molar-refractivity contribution in [2.24, 2.45) is 0 Å². The summed E-state index contributed by atoms with van der Waals surface area (Å²) < 4.78 is 5.08. The highest BCUT2D eigenvalue weighted by atomic mass is 16.5. The van der Waals surface area contributed by atoms with Crippen molar-refractivity contribution in [3.05, 3.63) is 66.9 Å². The lowest BCUT2D eigenvalue weighted by Crippen LogP contribution is -2.23. The number of benzene rings is 1. The predicted octanol–water partition coefficient (Wildman–Crippen LogP) is 3.15. The molecule has 2 aromatic rings. The van der Waals surface area contributed by atoms with Gasteiger partial charge in [-0.25, -0.2) is 0 Å². The molecule has 0 aliphatic carbocycles. The van der Waals surface area contributed by atoms with E-state index in [-0.39, 0.29) is 30.3 Å². The fourth-order valence-corrected chi connectivity index (χ4v) is 2.22. The molecule has 2 rings (SSSR count). The van der Waals surface area contributed by atoms with E-state index in [0.717, 1.165) is 5.56 Å². The van der Waals surface area contributed by atoms with Gasteiger partial charge in [0.05, 0.1) is 12.1 Å². The van der Waals surface area contributed by atoms with E-state index in [4.69, 9.17) is 9.63 Å². The van der Waals surface area contributed by atoms with E-state index in [9.17, 15) is 9.59 Å². The van der Waals surface area contributed by atoms with Gasteiger partial charge in [0.1, 0.15) is 0 Å². The summed E-state index contributed by atoms with van der Waals surface area (Å²) in [6.45, 7) is 9.24. The highest BCUT2D eigenvalue weighted by molar-refractivity contribution is 6.03. The topological polar surface area (TPSA) is 109 Å². The third-order valence-corrected chi connectivity index (χ3v) is 3.90. The Hall–Kier alpha value is -3.68. The smallest absolute Gasteiger partial charge is 0.303 e. The second-order valence-corrected chi connectivity index (χ2v) is 6.02. The largest absolute Gasteiger partial charge is 0.481 e. The molecule has 0 aliphatic rings. The first-order valence-electron chi connectivity index (χ1n) is 8.49. The van der Waals surface area contributed by atoms with Gasteiger partial charge in [0.25, 0.3) is 5.91 Å². The van der Waals surface area contributed by atoms with Crippen LogP contribution in [0.1, 0.15) is 17.9 Å². The van der Waals surface area contributed by atoms with Gasteiger partial charge >= 0.3 is 5.97 Å². The third kappa shape index (κ3) is 5.41. The summed E-state index contributed by atoms with van der Waals surface area (Å²) in [5, 5.41) is 15.4. The van der Waals surface area contributed by atoms with Crippen LogP contribution in [0.5, 0.6) is 0 Å². The second kappa shape index (κ2) is 9.31. The number of carbonyl (C=O) groups is 2. The molecule has 0 saturated carbocycles. The van der Waals surface area contributed by atoms with Gasteiger partial charge in [-0.1, -0.05) is 36.5 Å². The molecule has 1 amide bonds. The molecular formula is C20H22N4O4. The summed E-state index contributed by atoms with van der Waals surface area (Å²) in [5.74, 6) is -0.728. The van der Waals surface area contributed by atoms with Crippen LogP contribution in [0.15, 0.2) is 59.9 Å². The van der Waals surface area contributed by atoms with E-state index < -0.39 is 5.97 Å². The highest BCUT2D eigenvalue weighted by Gasteiger charge is 2.15. The summed E-state index contributed by atoms with van der Waals surface area (Å²) in [6.07, 6.45) is 5.04. The summed E-state index contributed by atoms with van der Waals surface area (Å²) in [7, 11) is 1.71. The Morgan fingerprint density at radius 1 is 1.39 bits per heavy atom. The van der Waals surface area contributed by atoms with Crippen molar-refractivity contribution in [2.45, 2.75) is 19.8 Å². The van der Waals surface area contributed by atoms with Gasteiger partial charge in [-0.2, -0.15) is 4.98 Å². The van der Waals surface area contributed by atoms with Crippen LogP contribution >= 0.6 is 0 Å². The average molecular weight is 382 g/mol. The summed E-state index contributed by atoms with van der Waals surface area (Å²) in [4.78, 5) is 28.9. The Labute approximate surface area is 162 Å². The lowest BCUT2D eigenvalue weighted by atomic mass is 10.1. The number of anilines is 1. The molecule has 8 nitrogen and oxygen atoms in total. The Morgan fingerprint density at radius 2 is 2.14 bits per heavy atom. The van der Waals surface area contributed by atoms with Crippen LogP contribution in [-0.2, 0) is 16.0 Å². The molecule has 1 aromatic heterocycles.